The molecule has 8 aromatic rings. The number of benzene rings is 4. The molecule has 2 N–H and O–H groups in total. The lowest BCUT2D eigenvalue weighted by molar-refractivity contribution is 0.0299. The molecule has 10 rings (SSSR count). The maximum Gasteiger partial charge on any atom is 0.257 e. The van der Waals surface area contributed by atoms with Crippen molar-refractivity contribution in [3.8, 4) is 62.9 Å². The molecule has 0 spiro atoms. The average Bonchev–Trinajstić information content (AvgIpc) is 4.01. The van der Waals surface area contributed by atoms with Gasteiger partial charge in [0.1, 0.15) is 5.75 Å². The quantitative estimate of drug-likeness (QED) is 0.189. The van der Waals surface area contributed by atoms with Crippen molar-refractivity contribution in [3.63, 3.8) is 0 Å². The van der Waals surface area contributed by atoms with Crippen LogP contribution < -0.4 is 0 Å². The largest absolute Gasteiger partial charge is 0.507 e. The van der Waals surface area contributed by atoms with Crippen molar-refractivity contribution in [2.45, 2.75) is 6.61 Å². The van der Waals surface area contributed by atoms with Crippen molar-refractivity contribution < 1.29 is 29.3 Å². The van der Waals surface area contributed by atoms with E-state index in [0.29, 0.717) is 103 Å². The topological polar surface area (TPSA) is 207 Å². The molecule has 2 amide bonds. The molecule has 0 unspecified atom stereocenters. The number of morpholine rings is 2. The highest BCUT2D eigenvalue weighted by molar-refractivity contribution is 5.98. The van der Waals surface area contributed by atoms with E-state index in [4.69, 9.17) is 30.2 Å². The Labute approximate surface area is 372 Å². The van der Waals surface area contributed by atoms with Gasteiger partial charge in [0.15, 0.2) is 11.3 Å². The number of nitrogens with zero attached hydrogens (tertiary/aromatic N) is 10. The first-order valence-electron chi connectivity index (χ1n) is 20.8. The lowest BCUT2D eigenvalue weighted by Gasteiger charge is -2.27. The Hall–Kier alpha value is -8.28. The summed E-state index contributed by atoms with van der Waals surface area (Å²) in [5.41, 5.74) is 10.0. The van der Waals surface area contributed by atoms with Gasteiger partial charge in [-0.15, -0.1) is 0 Å². The monoisotopic (exact) mass is 864 g/mol. The third-order valence-electron chi connectivity index (χ3n) is 11.3. The molecule has 16 heteroatoms. The molecule has 0 bridgehead atoms. The van der Waals surface area contributed by atoms with Crippen LogP contribution in [-0.2, 0) is 16.1 Å². The van der Waals surface area contributed by atoms with Gasteiger partial charge in [0.2, 0.25) is 0 Å². The van der Waals surface area contributed by atoms with E-state index in [1.54, 1.807) is 85.8 Å². The number of aliphatic hydroxyl groups excluding tert-OH is 1. The number of ether oxygens (including phenoxy) is 2. The minimum atomic E-state index is -0.247. The van der Waals surface area contributed by atoms with E-state index in [2.05, 4.69) is 22.1 Å². The van der Waals surface area contributed by atoms with Gasteiger partial charge in [-0.25, -0.2) is 19.0 Å². The number of carbonyl (C=O) groups is 2. The second-order valence-corrected chi connectivity index (χ2v) is 15.2. The molecule has 0 aliphatic carbocycles. The molecule has 4 aromatic heterocycles. The van der Waals surface area contributed by atoms with E-state index in [1.165, 1.54) is 0 Å². The smallest absolute Gasteiger partial charge is 0.257 e. The van der Waals surface area contributed by atoms with Gasteiger partial charge in [0, 0.05) is 54.0 Å². The Morgan fingerprint density at radius 3 is 1.45 bits per heavy atom. The van der Waals surface area contributed by atoms with Crippen LogP contribution in [0.1, 0.15) is 37.4 Å². The number of aromatic nitrogens is 6. The molecule has 0 atom stereocenters. The number of phenols is 1. The average molecular weight is 865 g/mol. The number of carbonyl (C=O) groups excluding carboxylic acids is 2. The summed E-state index contributed by atoms with van der Waals surface area (Å²) in [6, 6.07) is 36.5. The second-order valence-electron chi connectivity index (χ2n) is 15.2. The molecule has 2 aliphatic rings. The van der Waals surface area contributed by atoms with Crippen LogP contribution in [0.2, 0.25) is 0 Å². The van der Waals surface area contributed by atoms with E-state index in [-0.39, 0.29) is 29.7 Å². The number of amides is 2. The maximum atomic E-state index is 12.9. The molecule has 2 saturated heterocycles. The number of aliphatic hydroxyl groups is 1. The fraction of sp³-hybridized carbons (Fsp3) is 0.184. The van der Waals surface area contributed by atoms with Crippen LogP contribution in [-0.4, -0.2) is 114 Å². The molecule has 2 fully saturated rings. The Kier molecular flexibility index (Phi) is 12.0. The number of hydrogen-bond donors (Lipinski definition) is 2. The Balaban J connectivity index is 0.000000164. The van der Waals surface area contributed by atoms with Crippen molar-refractivity contribution in [1.29, 1.82) is 10.5 Å². The van der Waals surface area contributed by atoms with E-state index < -0.39 is 0 Å². The summed E-state index contributed by atoms with van der Waals surface area (Å²) < 4.78 is 14.1. The first-order chi connectivity index (χ1) is 31.8. The third kappa shape index (κ3) is 8.73. The van der Waals surface area contributed by atoms with Crippen molar-refractivity contribution in [1.82, 2.24) is 39.0 Å². The zero-order chi connectivity index (χ0) is 44.9. The van der Waals surface area contributed by atoms with Crippen LogP contribution >= 0.6 is 0 Å². The molecule has 6 heterocycles. The van der Waals surface area contributed by atoms with Gasteiger partial charge in [-0.3, -0.25) is 9.59 Å². The van der Waals surface area contributed by atoms with Crippen LogP contribution in [0.4, 0.5) is 0 Å². The SMILES string of the molecule is N#Cc1ccc(-c2cnc3ccc(-c4ccc(C(=O)N5CCOCC5)c(CO)c4)nn23)cc1.N#Cc1ccc(-c2cnc3ccc(-c4ccc(C(=O)N5CCOCC5)c(O)c4)nn23)cc1. The van der Waals surface area contributed by atoms with Gasteiger partial charge in [-0.05, 0) is 78.4 Å². The summed E-state index contributed by atoms with van der Waals surface area (Å²) >= 11 is 0. The normalized spacial score (nSPS) is 13.8. The van der Waals surface area contributed by atoms with Crippen LogP contribution in [0.15, 0.2) is 122 Å². The summed E-state index contributed by atoms with van der Waals surface area (Å²) in [6.45, 7) is 3.91. The Morgan fingerprint density at radius 2 is 1.00 bits per heavy atom. The number of hydrogen-bond acceptors (Lipinski definition) is 12. The number of phenolic OH excluding ortho intramolecular Hbond substituents is 1. The summed E-state index contributed by atoms with van der Waals surface area (Å²) in [4.78, 5) is 37.9. The molecular formula is C49H40N10O6. The first kappa shape index (κ1) is 42.0. The van der Waals surface area contributed by atoms with Crippen LogP contribution in [0, 0.1) is 22.7 Å². The van der Waals surface area contributed by atoms with Crippen molar-refractivity contribution in [2.24, 2.45) is 0 Å². The maximum absolute atomic E-state index is 12.9. The minimum Gasteiger partial charge on any atom is -0.507 e. The van der Waals surface area contributed by atoms with Gasteiger partial charge in [0.25, 0.3) is 11.8 Å². The van der Waals surface area contributed by atoms with E-state index >= 15 is 0 Å². The fourth-order valence-corrected chi connectivity index (χ4v) is 7.72. The highest BCUT2D eigenvalue weighted by atomic mass is 16.5. The summed E-state index contributed by atoms with van der Waals surface area (Å²) in [6.07, 6.45) is 3.48. The van der Waals surface area contributed by atoms with Gasteiger partial charge < -0.3 is 29.5 Å². The third-order valence-corrected chi connectivity index (χ3v) is 11.3. The number of fused-ring (bicyclic) bond motifs is 2. The zero-order valence-corrected chi connectivity index (χ0v) is 34.9. The molecule has 2 aliphatic heterocycles. The highest BCUT2D eigenvalue weighted by Gasteiger charge is 2.23. The molecule has 4 aromatic carbocycles. The minimum absolute atomic E-state index is 0.0844. The van der Waals surface area contributed by atoms with E-state index in [9.17, 15) is 19.8 Å². The number of aromatic hydroxyl groups is 1. The van der Waals surface area contributed by atoms with Crippen molar-refractivity contribution in [2.75, 3.05) is 52.6 Å². The first-order valence-corrected chi connectivity index (χ1v) is 20.8. The number of nitriles is 2. The van der Waals surface area contributed by atoms with Gasteiger partial charge >= 0.3 is 0 Å². The standard InChI is InChI=1S/C25H21N5O3.C24H19N5O3/c26-14-17-1-3-18(4-2-17)23-15-27-24-8-7-22(28-30(23)24)19-5-6-21(20(13-19)16-31)25(32)29-9-11-33-12-10-29;25-14-16-1-3-17(4-2-16)21-15-26-23-8-7-20(27-29(21)23)18-5-6-19(22(30)13-18)24(31)28-9-11-32-12-10-28/h1-8,13,15,31H,9-12,16H2;1-8,13,15,30H,9-12H2. The van der Waals surface area contributed by atoms with Crippen LogP contribution in [0.3, 0.4) is 0 Å². The predicted octanol–water partition coefficient (Wildman–Crippen LogP) is 6.01. The second kappa shape index (κ2) is 18.6. The fourth-order valence-electron chi connectivity index (χ4n) is 7.72. The lowest BCUT2D eigenvalue weighted by Crippen LogP contribution is -2.41. The zero-order valence-electron chi connectivity index (χ0n) is 34.9. The van der Waals surface area contributed by atoms with E-state index in [0.717, 1.165) is 28.1 Å². The number of rotatable bonds is 7. The van der Waals surface area contributed by atoms with E-state index in [1.807, 2.05) is 54.6 Å². The summed E-state index contributed by atoms with van der Waals surface area (Å²) in [7, 11) is 0. The van der Waals surface area contributed by atoms with Gasteiger partial charge in [-0.1, -0.05) is 36.4 Å². The summed E-state index contributed by atoms with van der Waals surface area (Å²) in [5, 5.41) is 48.0. The summed E-state index contributed by atoms with van der Waals surface area (Å²) in [5.74, 6) is -0.396. The highest BCUT2D eigenvalue weighted by Crippen LogP contribution is 2.29. The van der Waals surface area contributed by atoms with Crippen LogP contribution in [0.25, 0.3) is 56.3 Å². The van der Waals surface area contributed by atoms with Crippen molar-refractivity contribution in [3.05, 3.63) is 149 Å². The van der Waals surface area contributed by atoms with Gasteiger partial charge in [-0.2, -0.15) is 20.7 Å². The Morgan fingerprint density at radius 1 is 0.569 bits per heavy atom. The Bertz CT molecular complexity index is 3140. The predicted molar refractivity (Wildman–Crippen MR) is 238 cm³/mol. The molecule has 322 valence electrons. The van der Waals surface area contributed by atoms with Crippen molar-refractivity contribution >= 4 is 23.1 Å². The molecular weight excluding hydrogens is 825 g/mol. The molecule has 16 nitrogen and oxygen atoms in total. The lowest BCUT2D eigenvalue weighted by atomic mass is 10.0. The molecule has 0 saturated carbocycles. The van der Waals surface area contributed by atoms with Crippen LogP contribution in [0.5, 0.6) is 5.75 Å². The molecule has 65 heavy (non-hydrogen) atoms. The number of imidazole rings is 2. The van der Waals surface area contributed by atoms with Gasteiger partial charge in [0.05, 0.1) is 97.0 Å². The molecule has 0 radical (unpaired) electrons.